The Morgan fingerprint density at radius 2 is 1.91 bits per heavy atom. The van der Waals surface area contributed by atoms with E-state index in [0.29, 0.717) is 13.1 Å². The van der Waals surface area contributed by atoms with Crippen LogP contribution in [0, 0.1) is 0 Å². The zero-order valence-corrected chi connectivity index (χ0v) is 5.95. The predicted octanol–water partition coefficient (Wildman–Crippen LogP) is 0.0711. The summed E-state index contributed by atoms with van der Waals surface area (Å²) in [6, 6.07) is 0. The summed E-state index contributed by atoms with van der Waals surface area (Å²) < 4.78 is 37.3. The van der Waals surface area contributed by atoms with Crippen molar-refractivity contribution in [2.45, 2.75) is 6.36 Å². The minimum atomic E-state index is -4.52. The maximum atomic E-state index is 11.3. The fraction of sp³-hybridized carbons (Fsp3) is 1.00. The van der Waals surface area contributed by atoms with Crippen molar-refractivity contribution in [2.24, 2.45) is 5.73 Å². The highest BCUT2D eigenvalue weighted by molar-refractivity contribution is 4.45. The monoisotopic (exact) mass is 172 g/mol. The topological polar surface area (TPSA) is 47.3 Å². The number of ether oxygens (including phenoxy) is 1. The zero-order valence-electron chi connectivity index (χ0n) is 5.95. The molecule has 68 valence electrons. The van der Waals surface area contributed by atoms with Crippen molar-refractivity contribution >= 4 is 0 Å². The van der Waals surface area contributed by atoms with Gasteiger partial charge in [0.2, 0.25) is 0 Å². The molecule has 0 aliphatic heterocycles. The van der Waals surface area contributed by atoms with Crippen molar-refractivity contribution in [3.05, 3.63) is 0 Å². The highest BCUT2D eigenvalue weighted by Gasteiger charge is 2.28. The van der Waals surface area contributed by atoms with E-state index in [2.05, 4.69) is 10.1 Å². The molecule has 0 aromatic rings. The van der Waals surface area contributed by atoms with Gasteiger partial charge < -0.3 is 11.1 Å². The van der Waals surface area contributed by atoms with Gasteiger partial charge in [-0.05, 0) is 0 Å². The molecule has 0 aliphatic rings. The average molecular weight is 172 g/mol. The number of halogens is 3. The van der Waals surface area contributed by atoms with Crippen molar-refractivity contribution in [2.75, 3.05) is 26.2 Å². The molecule has 0 spiro atoms. The van der Waals surface area contributed by atoms with Crippen LogP contribution in [0.3, 0.4) is 0 Å². The van der Waals surface area contributed by atoms with Crippen LogP contribution in [0.2, 0.25) is 0 Å². The van der Waals surface area contributed by atoms with E-state index in [4.69, 9.17) is 5.73 Å². The van der Waals surface area contributed by atoms with Crippen LogP contribution in [0.5, 0.6) is 0 Å². The lowest BCUT2D eigenvalue weighted by Gasteiger charge is -2.06. The van der Waals surface area contributed by atoms with E-state index in [0.717, 1.165) is 0 Å². The third-order valence-corrected chi connectivity index (χ3v) is 0.866. The minimum absolute atomic E-state index is 0.163. The quantitative estimate of drug-likeness (QED) is 0.577. The summed E-state index contributed by atoms with van der Waals surface area (Å²) in [5, 5.41) is 2.66. The first-order chi connectivity index (χ1) is 5.06. The lowest BCUT2D eigenvalue weighted by molar-refractivity contribution is -0.323. The number of alkyl halides is 3. The second kappa shape index (κ2) is 5.34. The summed E-state index contributed by atoms with van der Waals surface area (Å²) in [6.07, 6.45) is -4.52. The van der Waals surface area contributed by atoms with Crippen LogP contribution < -0.4 is 11.1 Å². The molecule has 0 saturated carbocycles. The lowest BCUT2D eigenvalue weighted by atomic mass is 10.6. The molecule has 0 bridgehead atoms. The van der Waals surface area contributed by atoms with Gasteiger partial charge in [0.1, 0.15) is 0 Å². The molecule has 0 aliphatic carbocycles. The van der Waals surface area contributed by atoms with E-state index >= 15 is 0 Å². The van der Waals surface area contributed by atoms with Crippen LogP contribution in [0.4, 0.5) is 13.2 Å². The Morgan fingerprint density at radius 1 is 1.27 bits per heavy atom. The third kappa shape index (κ3) is 9.67. The summed E-state index contributed by atoms with van der Waals surface area (Å²) in [7, 11) is 0. The minimum Gasteiger partial charge on any atom is -0.329 e. The Hall–Kier alpha value is -0.330. The van der Waals surface area contributed by atoms with Gasteiger partial charge in [-0.1, -0.05) is 0 Å². The predicted molar refractivity (Wildman–Crippen MR) is 33.9 cm³/mol. The Balaban J connectivity index is 3.02. The molecule has 0 atom stereocenters. The van der Waals surface area contributed by atoms with Gasteiger partial charge in [-0.25, -0.2) is 0 Å². The van der Waals surface area contributed by atoms with Gasteiger partial charge in [0.25, 0.3) is 0 Å². The molecule has 0 amide bonds. The van der Waals surface area contributed by atoms with Crippen molar-refractivity contribution in [1.82, 2.24) is 5.32 Å². The number of hydrogen-bond donors (Lipinski definition) is 2. The molecular formula is C5H11F3N2O. The standard InChI is InChI=1S/C5H11F3N2O/c6-5(7,8)11-4-3-10-2-1-9/h10H,1-4,9H2. The smallest absolute Gasteiger partial charge is 0.329 e. The molecule has 0 radical (unpaired) electrons. The summed E-state index contributed by atoms with van der Waals surface area (Å²) in [5.41, 5.74) is 5.07. The largest absolute Gasteiger partial charge is 0.522 e. The fourth-order valence-electron chi connectivity index (χ4n) is 0.466. The molecule has 6 heteroatoms. The van der Waals surface area contributed by atoms with Crippen molar-refractivity contribution in [1.29, 1.82) is 0 Å². The fourth-order valence-corrected chi connectivity index (χ4v) is 0.466. The van der Waals surface area contributed by atoms with Gasteiger partial charge in [0, 0.05) is 19.6 Å². The van der Waals surface area contributed by atoms with Crippen LogP contribution in [-0.2, 0) is 4.74 Å². The summed E-state index contributed by atoms with van der Waals surface area (Å²) in [4.78, 5) is 0. The van der Waals surface area contributed by atoms with E-state index in [1.165, 1.54) is 0 Å². The molecule has 3 nitrogen and oxygen atoms in total. The molecule has 0 fully saturated rings. The SMILES string of the molecule is NCCNCCOC(F)(F)F. The molecule has 11 heavy (non-hydrogen) atoms. The van der Waals surface area contributed by atoms with E-state index < -0.39 is 6.36 Å². The summed E-state index contributed by atoms with van der Waals surface area (Å²) in [6.45, 7) is 0.702. The number of nitrogens with one attached hydrogen (secondary N) is 1. The lowest BCUT2D eigenvalue weighted by Crippen LogP contribution is -2.28. The van der Waals surface area contributed by atoms with E-state index in [9.17, 15) is 13.2 Å². The first-order valence-corrected chi connectivity index (χ1v) is 3.18. The van der Waals surface area contributed by atoms with Gasteiger partial charge in [-0.15, -0.1) is 13.2 Å². The van der Waals surface area contributed by atoms with Crippen molar-refractivity contribution in [3.63, 3.8) is 0 Å². The molecule has 3 N–H and O–H groups in total. The van der Waals surface area contributed by atoms with Crippen LogP contribution in [0.25, 0.3) is 0 Å². The molecule has 0 unspecified atom stereocenters. The maximum absolute atomic E-state index is 11.3. The Labute approximate surface area is 62.7 Å². The number of rotatable bonds is 5. The Kier molecular flexibility index (Phi) is 5.18. The second-order valence-corrected chi connectivity index (χ2v) is 1.83. The molecule has 0 aromatic carbocycles. The van der Waals surface area contributed by atoms with Crippen LogP contribution in [-0.4, -0.2) is 32.6 Å². The molecule has 0 heterocycles. The van der Waals surface area contributed by atoms with Crippen molar-refractivity contribution < 1.29 is 17.9 Å². The molecule has 0 aromatic heterocycles. The van der Waals surface area contributed by atoms with Crippen molar-refractivity contribution in [3.8, 4) is 0 Å². The Morgan fingerprint density at radius 3 is 2.36 bits per heavy atom. The highest BCUT2D eigenvalue weighted by Crippen LogP contribution is 2.14. The highest BCUT2D eigenvalue weighted by atomic mass is 19.4. The second-order valence-electron chi connectivity index (χ2n) is 1.83. The van der Waals surface area contributed by atoms with Gasteiger partial charge in [0.05, 0.1) is 6.61 Å². The summed E-state index contributed by atoms with van der Waals surface area (Å²) >= 11 is 0. The van der Waals surface area contributed by atoms with Gasteiger partial charge in [-0.2, -0.15) is 0 Å². The normalized spacial score (nSPS) is 12.0. The maximum Gasteiger partial charge on any atom is 0.522 e. The molecular weight excluding hydrogens is 161 g/mol. The van der Waals surface area contributed by atoms with E-state index in [1.54, 1.807) is 0 Å². The number of nitrogens with two attached hydrogens (primary N) is 1. The van der Waals surface area contributed by atoms with Crippen LogP contribution in [0.15, 0.2) is 0 Å². The van der Waals surface area contributed by atoms with E-state index in [1.807, 2.05) is 0 Å². The Bertz CT molecular complexity index is 96.2. The van der Waals surface area contributed by atoms with Gasteiger partial charge in [-0.3, -0.25) is 4.74 Å². The zero-order chi connectivity index (χ0) is 8.74. The van der Waals surface area contributed by atoms with Gasteiger partial charge in [0.15, 0.2) is 0 Å². The first-order valence-electron chi connectivity index (χ1n) is 3.18. The van der Waals surface area contributed by atoms with Crippen LogP contribution in [0.1, 0.15) is 0 Å². The molecule has 0 rings (SSSR count). The van der Waals surface area contributed by atoms with Gasteiger partial charge >= 0.3 is 6.36 Å². The van der Waals surface area contributed by atoms with Crippen LogP contribution >= 0.6 is 0 Å². The summed E-state index contributed by atoms with van der Waals surface area (Å²) in [5.74, 6) is 0. The first kappa shape index (κ1) is 10.7. The number of hydrogen-bond acceptors (Lipinski definition) is 3. The molecule has 0 saturated heterocycles. The average Bonchev–Trinajstić information content (AvgIpc) is 1.85. The van der Waals surface area contributed by atoms with E-state index in [-0.39, 0.29) is 13.2 Å². The third-order valence-electron chi connectivity index (χ3n) is 0.866.